The Morgan fingerprint density at radius 1 is 1.03 bits per heavy atom. The monoisotopic (exact) mass is 410 g/mol. The minimum absolute atomic E-state index is 0.0305. The lowest BCUT2D eigenvalue weighted by Crippen LogP contribution is -1.97. The quantitative estimate of drug-likeness (QED) is 0.609. The van der Waals surface area contributed by atoms with Gasteiger partial charge in [-0.05, 0) is 83.1 Å². The third-order valence-electron chi connectivity index (χ3n) is 5.35. The highest BCUT2D eigenvalue weighted by atomic mass is 16.5. The zero-order chi connectivity index (χ0) is 21.8. The van der Waals surface area contributed by atoms with Crippen LogP contribution in [0, 0.1) is 11.8 Å². The van der Waals surface area contributed by atoms with Crippen molar-refractivity contribution in [1.82, 2.24) is 0 Å². The van der Waals surface area contributed by atoms with Crippen LogP contribution in [0.15, 0.2) is 66.7 Å². The van der Waals surface area contributed by atoms with Crippen molar-refractivity contribution in [3.63, 3.8) is 0 Å². The normalized spacial score (nSPS) is 11.9. The van der Waals surface area contributed by atoms with E-state index in [1.807, 2.05) is 30.3 Å². The molecule has 0 heterocycles. The first-order chi connectivity index (χ1) is 15.1. The van der Waals surface area contributed by atoms with Gasteiger partial charge in [-0.1, -0.05) is 36.1 Å². The topological polar surface area (TPSA) is 66.8 Å². The number of ether oxygens (including phenoxy) is 1. The standard InChI is InChI=1S/C27H22O4/c1-31-25-15-19(13-20(16-25)17-28)14-24-12-11-22-4-2-3-21(26(22)24)8-5-18-6-9-23(10-7-18)27(29)30/h2-4,6-7,9-10,12-13,15-16,28H,11,14,17H2,1H3,(H,29,30). The Hall–Kier alpha value is -3.81. The first kappa shape index (κ1) is 20.5. The lowest BCUT2D eigenvalue weighted by Gasteiger charge is -2.11. The summed E-state index contributed by atoms with van der Waals surface area (Å²) in [6, 6.07) is 18.6. The minimum Gasteiger partial charge on any atom is -0.497 e. The van der Waals surface area contributed by atoms with E-state index >= 15 is 0 Å². The molecule has 0 fully saturated rings. The SMILES string of the molecule is COc1cc(CO)cc(CC2=CCc3cccc(C#Cc4ccc(C(=O)O)cc4)c32)c1. The largest absolute Gasteiger partial charge is 0.497 e. The molecule has 4 rings (SSSR count). The van der Waals surface area contributed by atoms with Crippen molar-refractivity contribution >= 4 is 11.5 Å². The molecule has 31 heavy (non-hydrogen) atoms. The lowest BCUT2D eigenvalue weighted by atomic mass is 9.94. The molecular weight excluding hydrogens is 388 g/mol. The summed E-state index contributed by atoms with van der Waals surface area (Å²) in [5.74, 6) is 6.21. The van der Waals surface area contributed by atoms with Crippen LogP contribution in [0.5, 0.6) is 5.75 Å². The van der Waals surface area contributed by atoms with Gasteiger partial charge >= 0.3 is 5.97 Å². The third kappa shape index (κ3) is 4.53. The summed E-state index contributed by atoms with van der Waals surface area (Å²) in [7, 11) is 1.63. The highest BCUT2D eigenvalue weighted by Gasteiger charge is 2.18. The minimum atomic E-state index is -0.947. The van der Waals surface area contributed by atoms with E-state index < -0.39 is 5.97 Å². The van der Waals surface area contributed by atoms with Crippen LogP contribution in [0.2, 0.25) is 0 Å². The van der Waals surface area contributed by atoms with Crippen molar-refractivity contribution in [2.75, 3.05) is 7.11 Å². The molecular formula is C27H22O4. The molecule has 0 aromatic heterocycles. The molecule has 0 atom stereocenters. The Balaban J connectivity index is 1.64. The number of hydrogen-bond acceptors (Lipinski definition) is 3. The average molecular weight is 410 g/mol. The number of allylic oxidation sites excluding steroid dienone is 2. The molecule has 2 N–H and O–H groups in total. The van der Waals surface area contributed by atoms with Crippen molar-refractivity contribution in [1.29, 1.82) is 0 Å². The van der Waals surface area contributed by atoms with Crippen molar-refractivity contribution in [3.8, 4) is 17.6 Å². The molecule has 0 radical (unpaired) electrons. The Morgan fingerprint density at radius 3 is 2.52 bits per heavy atom. The molecule has 4 nitrogen and oxygen atoms in total. The number of aliphatic hydroxyl groups excluding tert-OH is 1. The number of rotatable bonds is 5. The highest BCUT2D eigenvalue weighted by molar-refractivity contribution is 5.87. The summed E-state index contributed by atoms with van der Waals surface area (Å²) in [5.41, 5.74) is 7.48. The van der Waals surface area contributed by atoms with Crippen molar-refractivity contribution in [3.05, 3.63) is 106 Å². The second-order valence-corrected chi connectivity index (χ2v) is 7.43. The molecule has 0 aliphatic heterocycles. The molecule has 3 aromatic rings. The number of benzene rings is 3. The summed E-state index contributed by atoms with van der Waals surface area (Å²) in [6.45, 7) is -0.0305. The van der Waals surface area contributed by atoms with E-state index in [1.54, 1.807) is 31.4 Å². The molecule has 1 aliphatic rings. The summed E-state index contributed by atoms with van der Waals surface area (Å²) in [6.07, 6.45) is 3.82. The number of aromatic carboxylic acids is 1. The smallest absolute Gasteiger partial charge is 0.335 e. The summed E-state index contributed by atoms with van der Waals surface area (Å²) in [5, 5.41) is 18.6. The average Bonchev–Trinajstić information content (AvgIpc) is 3.21. The fourth-order valence-electron chi connectivity index (χ4n) is 3.84. The van der Waals surface area contributed by atoms with Gasteiger partial charge in [0.05, 0.1) is 19.3 Å². The number of carboxylic acids is 1. The van der Waals surface area contributed by atoms with E-state index in [2.05, 4.69) is 24.0 Å². The first-order valence-electron chi connectivity index (χ1n) is 10.0. The maximum Gasteiger partial charge on any atom is 0.335 e. The van der Waals surface area contributed by atoms with Gasteiger partial charge in [0.1, 0.15) is 5.75 Å². The van der Waals surface area contributed by atoms with Crippen LogP contribution in [0.3, 0.4) is 0 Å². The van der Waals surface area contributed by atoms with E-state index in [1.165, 1.54) is 11.1 Å². The van der Waals surface area contributed by atoms with Gasteiger partial charge in [0.15, 0.2) is 0 Å². The number of carbonyl (C=O) groups is 1. The van der Waals surface area contributed by atoms with Crippen LogP contribution in [0.25, 0.3) is 5.57 Å². The first-order valence-corrected chi connectivity index (χ1v) is 10.0. The number of fused-ring (bicyclic) bond motifs is 1. The van der Waals surface area contributed by atoms with E-state index in [9.17, 15) is 9.90 Å². The fraction of sp³-hybridized carbons (Fsp3) is 0.148. The van der Waals surface area contributed by atoms with Crippen LogP contribution in [-0.4, -0.2) is 23.3 Å². The van der Waals surface area contributed by atoms with Crippen LogP contribution in [0.4, 0.5) is 0 Å². The molecule has 0 unspecified atom stereocenters. The van der Waals surface area contributed by atoms with Gasteiger partial charge in [-0.2, -0.15) is 0 Å². The van der Waals surface area contributed by atoms with Crippen LogP contribution in [0.1, 0.15) is 43.7 Å². The van der Waals surface area contributed by atoms with Crippen molar-refractivity contribution in [2.24, 2.45) is 0 Å². The van der Waals surface area contributed by atoms with Gasteiger partial charge in [-0.3, -0.25) is 0 Å². The molecule has 0 saturated heterocycles. The Morgan fingerprint density at radius 2 is 1.81 bits per heavy atom. The Bertz CT molecular complexity index is 1200. The van der Waals surface area contributed by atoms with E-state index in [-0.39, 0.29) is 12.2 Å². The van der Waals surface area contributed by atoms with E-state index in [0.29, 0.717) is 0 Å². The summed E-state index contributed by atoms with van der Waals surface area (Å²) >= 11 is 0. The van der Waals surface area contributed by atoms with Crippen molar-refractivity contribution < 1.29 is 19.7 Å². The van der Waals surface area contributed by atoms with Gasteiger partial charge in [0, 0.05) is 11.1 Å². The molecule has 0 bridgehead atoms. The molecule has 0 spiro atoms. The fourth-order valence-corrected chi connectivity index (χ4v) is 3.84. The van der Waals surface area contributed by atoms with Crippen LogP contribution in [-0.2, 0) is 19.4 Å². The number of hydrogen-bond donors (Lipinski definition) is 2. The number of methoxy groups -OCH3 is 1. The third-order valence-corrected chi connectivity index (χ3v) is 5.35. The predicted octanol–water partition coefficient (Wildman–Crippen LogP) is 4.47. The highest BCUT2D eigenvalue weighted by Crippen LogP contribution is 2.33. The zero-order valence-electron chi connectivity index (χ0n) is 17.2. The molecule has 3 aromatic carbocycles. The summed E-state index contributed by atoms with van der Waals surface area (Å²) in [4.78, 5) is 11.0. The maximum absolute atomic E-state index is 11.0. The predicted molar refractivity (Wildman–Crippen MR) is 120 cm³/mol. The summed E-state index contributed by atoms with van der Waals surface area (Å²) < 4.78 is 5.38. The van der Waals surface area contributed by atoms with Gasteiger partial charge in [-0.15, -0.1) is 0 Å². The van der Waals surface area contributed by atoms with Crippen LogP contribution >= 0.6 is 0 Å². The lowest BCUT2D eigenvalue weighted by molar-refractivity contribution is 0.0697. The van der Waals surface area contributed by atoms with E-state index in [0.717, 1.165) is 46.4 Å². The van der Waals surface area contributed by atoms with Gasteiger partial charge < -0.3 is 14.9 Å². The zero-order valence-corrected chi connectivity index (χ0v) is 17.2. The Kier molecular flexibility index (Phi) is 5.88. The number of aliphatic hydroxyl groups is 1. The van der Waals surface area contributed by atoms with Crippen molar-refractivity contribution in [2.45, 2.75) is 19.4 Å². The molecule has 1 aliphatic carbocycles. The second kappa shape index (κ2) is 8.91. The molecule has 0 saturated carbocycles. The maximum atomic E-state index is 11.0. The van der Waals surface area contributed by atoms with E-state index in [4.69, 9.17) is 9.84 Å². The number of carboxylic acid groups (broad SMARTS) is 1. The Labute approximate surface area is 181 Å². The van der Waals surface area contributed by atoms with Gasteiger partial charge in [0.2, 0.25) is 0 Å². The van der Waals surface area contributed by atoms with Gasteiger partial charge in [0.25, 0.3) is 0 Å². The second-order valence-electron chi connectivity index (χ2n) is 7.43. The molecule has 154 valence electrons. The van der Waals surface area contributed by atoms with Gasteiger partial charge in [-0.25, -0.2) is 4.79 Å². The molecule has 0 amide bonds. The van der Waals surface area contributed by atoms with Crippen LogP contribution < -0.4 is 4.74 Å². The molecule has 4 heteroatoms.